The summed E-state index contributed by atoms with van der Waals surface area (Å²) < 4.78 is 6.58. The summed E-state index contributed by atoms with van der Waals surface area (Å²) in [6.45, 7) is 2.09. The van der Waals surface area contributed by atoms with Crippen LogP contribution in [0.15, 0.2) is 35.7 Å². The predicted molar refractivity (Wildman–Crippen MR) is 93.5 cm³/mol. The molecule has 3 heterocycles. The molecule has 128 valence electrons. The molecule has 8 nitrogen and oxygen atoms in total. The van der Waals surface area contributed by atoms with Gasteiger partial charge in [-0.25, -0.2) is 9.99 Å². The largest absolute Gasteiger partial charge is 0.465 e. The number of esters is 1. The van der Waals surface area contributed by atoms with E-state index in [1.807, 2.05) is 18.4 Å². The van der Waals surface area contributed by atoms with Gasteiger partial charge in [-0.2, -0.15) is 15.1 Å². The molecule has 0 saturated carbocycles. The molecule has 1 aliphatic carbocycles. The molecular weight excluding hydrogens is 344 g/mol. The molecule has 2 aromatic rings. The van der Waals surface area contributed by atoms with Crippen molar-refractivity contribution in [3.05, 3.63) is 35.9 Å². The molecule has 2 atom stereocenters. The first-order chi connectivity index (χ1) is 12.2. The van der Waals surface area contributed by atoms with Crippen LogP contribution in [0.25, 0.3) is 11.2 Å². The van der Waals surface area contributed by atoms with E-state index in [4.69, 9.17) is 16.3 Å². The minimum atomic E-state index is -0.363. The van der Waals surface area contributed by atoms with Crippen molar-refractivity contribution < 1.29 is 9.53 Å². The number of fused-ring (bicyclic) bond motifs is 2. The molecule has 0 spiro atoms. The third-order valence-electron chi connectivity index (χ3n) is 4.03. The number of anilines is 1. The lowest BCUT2D eigenvalue weighted by Crippen LogP contribution is -2.31. The number of allylic oxidation sites excluding steroid dienone is 2. The van der Waals surface area contributed by atoms with Gasteiger partial charge in [0.1, 0.15) is 6.54 Å². The molecule has 2 aromatic heterocycles. The van der Waals surface area contributed by atoms with Gasteiger partial charge in [0.15, 0.2) is 17.0 Å². The predicted octanol–water partition coefficient (Wildman–Crippen LogP) is 1.96. The highest BCUT2D eigenvalue weighted by molar-refractivity contribution is 6.28. The molecule has 0 radical (unpaired) electrons. The van der Waals surface area contributed by atoms with Crippen LogP contribution >= 0.6 is 11.6 Å². The van der Waals surface area contributed by atoms with Gasteiger partial charge in [0.25, 0.3) is 0 Å². The molecule has 4 rings (SSSR count). The van der Waals surface area contributed by atoms with Crippen LogP contribution in [0.2, 0.25) is 5.28 Å². The zero-order valence-corrected chi connectivity index (χ0v) is 14.2. The van der Waals surface area contributed by atoms with Crippen molar-refractivity contribution in [2.75, 3.05) is 11.6 Å². The molecule has 0 saturated heterocycles. The van der Waals surface area contributed by atoms with Crippen molar-refractivity contribution in [1.82, 2.24) is 19.5 Å². The molecule has 0 amide bonds. The normalized spacial score (nSPS) is 21.1. The van der Waals surface area contributed by atoms with Gasteiger partial charge in [0.2, 0.25) is 5.28 Å². The molecule has 0 N–H and O–H groups in total. The number of imidazole rings is 1. The topological polar surface area (TPSA) is 85.5 Å². The molecule has 25 heavy (non-hydrogen) atoms. The maximum absolute atomic E-state index is 11.8. The van der Waals surface area contributed by atoms with Gasteiger partial charge in [-0.1, -0.05) is 24.3 Å². The minimum Gasteiger partial charge on any atom is -0.465 e. The number of hydrazone groups is 1. The van der Waals surface area contributed by atoms with Crippen LogP contribution in [-0.2, 0) is 16.1 Å². The fourth-order valence-electron chi connectivity index (χ4n) is 2.94. The average Bonchev–Trinajstić information content (AvgIpc) is 3.19. The van der Waals surface area contributed by atoms with E-state index in [0.29, 0.717) is 23.6 Å². The quantitative estimate of drug-likeness (QED) is 0.613. The van der Waals surface area contributed by atoms with E-state index in [9.17, 15) is 4.79 Å². The van der Waals surface area contributed by atoms with Crippen molar-refractivity contribution in [3.8, 4) is 0 Å². The fourth-order valence-corrected chi connectivity index (χ4v) is 3.10. The molecule has 1 aliphatic heterocycles. The van der Waals surface area contributed by atoms with Gasteiger partial charge in [0.05, 0.1) is 19.0 Å². The fraction of sp³-hybridized carbons (Fsp3) is 0.312. The lowest BCUT2D eigenvalue weighted by Gasteiger charge is -2.24. The first-order valence-corrected chi connectivity index (χ1v) is 8.27. The van der Waals surface area contributed by atoms with Crippen molar-refractivity contribution in [2.45, 2.75) is 19.5 Å². The molecule has 2 aliphatic rings. The van der Waals surface area contributed by atoms with Gasteiger partial charge in [-0.05, 0) is 18.5 Å². The van der Waals surface area contributed by atoms with Crippen LogP contribution < -0.4 is 5.01 Å². The number of hydrogen-bond donors (Lipinski definition) is 0. The first-order valence-electron chi connectivity index (χ1n) is 7.89. The SMILES string of the molecule is CCOC(=O)Cn1cnc2c(N3N=CC4C=CC=CC43)nc(Cl)nc21. The van der Waals surface area contributed by atoms with Crippen LogP contribution in [0.5, 0.6) is 0 Å². The molecule has 0 aromatic carbocycles. The van der Waals surface area contributed by atoms with E-state index >= 15 is 0 Å². The van der Waals surface area contributed by atoms with Gasteiger partial charge < -0.3 is 9.30 Å². The summed E-state index contributed by atoms with van der Waals surface area (Å²) in [5.41, 5.74) is 1.01. The lowest BCUT2D eigenvalue weighted by atomic mass is 9.97. The third kappa shape index (κ3) is 2.78. The summed E-state index contributed by atoms with van der Waals surface area (Å²) in [7, 11) is 0. The molecule has 9 heteroatoms. The van der Waals surface area contributed by atoms with Crippen LogP contribution in [0.4, 0.5) is 5.82 Å². The Kier molecular flexibility index (Phi) is 3.96. The van der Waals surface area contributed by atoms with Crippen molar-refractivity contribution in [1.29, 1.82) is 0 Å². The summed E-state index contributed by atoms with van der Waals surface area (Å²) in [4.78, 5) is 24.7. The van der Waals surface area contributed by atoms with E-state index in [-0.39, 0.29) is 29.8 Å². The molecule has 0 bridgehead atoms. The summed E-state index contributed by atoms with van der Waals surface area (Å²) >= 11 is 6.11. The summed E-state index contributed by atoms with van der Waals surface area (Å²) in [5.74, 6) is 0.328. The first kappa shape index (κ1) is 15.8. The van der Waals surface area contributed by atoms with E-state index in [1.54, 1.807) is 16.5 Å². The smallest absolute Gasteiger partial charge is 0.326 e. The summed E-state index contributed by atoms with van der Waals surface area (Å²) in [6, 6.07) is 0.0226. The maximum Gasteiger partial charge on any atom is 0.326 e. The number of rotatable bonds is 4. The van der Waals surface area contributed by atoms with E-state index < -0.39 is 0 Å². The number of hydrogen-bond acceptors (Lipinski definition) is 7. The van der Waals surface area contributed by atoms with Crippen LogP contribution in [-0.4, -0.2) is 44.4 Å². The Bertz CT molecular complexity index is 919. The average molecular weight is 359 g/mol. The Morgan fingerprint density at radius 2 is 2.16 bits per heavy atom. The van der Waals surface area contributed by atoms with Crippen molar-refractivity contribution in [3.63, 3.8) is 0 Å². The minimum absolute atomic E-state index is 0.00901. The Balaban J connectivity index is 1.74. The Morgan fingerprint density at radius 3 is 3.00 bits per heavy atom. The number of ether oxygens (including phenoxy) is 1. The van der Waals surface area contributed by atoms with E-state index in [2.05, 4.69) is 32.2 Å². The van der Waals surface area contributed by atoms with Gasteiger partial charge in [-0.3, -0.25) is 4.79 Å². The van der Waals surface area contributed by atoms with Crippen LogP contribution in [0.3, 0.4) is 0 Å². The van der Waals surface area contributed by atoms with Crippen LogP contribution in [0.1, 0.15) is 6.92 Å². The molecular formula is C16H15ClN6O2. The maximum atomic E-state index is 11.8. The highest BCUT2D eigenvalue weighted by Crippen LogP contribution is 2.32. The zero-order chi connectivity index (χ0) is 17.4. The van der Waals surface area contributed by atoms with E-state index in [1.165, 1.54) is 6.33 Å². The number of halogens is 1. The number of carbonyl (C=O) groups is 1. The number of nitrogens with zero attached hydrogens (tertiary/aromatic N) is 6. The van der Waals surface area contributed by atoms with Gasteiger partial charge in [-0.15, -0.1) is 0 Å². The highest BCUT2D eigenvalue weighted by Gasteiger charge is 2.32. The van der Waals surface area contributed by atoms with Crippen molar-refractivity contribution >= 4 is 40.8 Å². The Hall–Kier alpha value is -2.74. The Labute approximate surface area is 148 Å². The Morgan fingerprint density at radius 1 is 1.32 bits per heavy atom. The monoisotopic (exact) mass is 358 g/mol. The van der Waals surface area contributed by atoms with Gasteiger partial charge in [0, 0.05) is 12.1 Å². The summed E-state index contributed by atoms with van der Waals surface area (Å²) in [6.07, 6.45) is 11.5. The second-order valence-electron chi connectivity index (χ2n) is 5.61. The number of carbonyl (C=O) groups excluding carboxylic acids is 1. The molecule has 2 unspecified atom stereocenters. The third-order valence-corrected chi connectivity index (χ3v) is 4.20. The van der Waals surface area contributed by atoms with Crippen LogP contribution in [0, 0.1) is 5.92 Å². The van der Waals surface area contributed by atoms with E-state index in [0.717, 1.165) is 0 Å². The number of aromatic nitrogens is 4. The standard InChI is InChI=1S/C16H15ClN6O2/c1-2-25-12(24)8-22-9-18-13-14(22)20-16(17)21-15(13)23-11-6-4-3-5-10(11)7-19-23/h3-7,9-11H,2,8H2,1H3. The van der Waals surface area contributed by atoms with Crippen molar-refractivity contribution in [2.24, 2.45) is 11.0 Å². The lowest BCUT2D eigenvalue weighted by molar-refractivity contribution is -0.143. The molecule has 0 fully saturated rings. The van der Waals surface area contributed by atoms with Gasteiger partial charge >= 0.3 is 5.97 Å². The second kappa shape index (κ2) is 6.29. The zero-order valence-electron chi connectivity index (χ0n) is 13.4. The second-order valence-corrected chi connectivity index (χ2v) is 5.95. The summed E-state index contributed by atoms with van der Waals surface area (Å²) in [5, 5.41) is 6.31. The highest BCUT2D eigenvalue weighted by atomic mass is 35.5.